The zero-order chi connectivity index (χ0) is 14.8. The Balaban J connectivity index is 1.60. The molecule has 2 aromatic rings. The first kappa shape index (κ1) is 14.2. The van der Waals surface area contributed by atoms with Crippen molar-refractivity contribution in [3.8, 4) is 11.3 Å². The maximum absolute atomic E-state index is 12.9. The minimum atomic E-state index is -0.271. The van der Waals surface area contributed by atoms with E-state index in [1.807, 2.05) is 11.9 Å². The fourth-order valence-corrected chi connectivity index (χ4v) is 2.38. The molecule has 1 heterocycles. The van der Waals surface area contributed by atoms with Crippen molar-refractivity contribution in [2.45, 2.75) is 25.5 Å². The number of aromatic nitrogens is 1. The van der Waals surface area contributed by atoms with Crippen molar-refractivity contribution in [2.24, 2.45) is 5.92 Å². The van der Waals surface area contributed by atoms with E-state index in [0.717, 1.165) is 18.4 Å². The van der Waals surface area contributed by atoms with Gasteiger partial charge >= 0.3 is 0 Å². The van der Waals surface area contributed by atoms with Crippen LogP contribution in [0.1, 0.15) is 18.7 Å². The van der Waals surface area contributed by atoms with Crippen molar-refractivity contribution in [2.75, 3.05) is 13.6 Å². The number of oxazole rings is 1. The molecule has 1 fully saturated rings. The van der Waals surface area contributed by atoms with Crippen LogP contribution in [0.3, 0.4) is 0 Å². The maximum atomic E-state index is 12.9. The molecule has 4 nitrogen and oxygen atoms in total. The Morgan fingerprint density at radius 3 is 2.76 bits per heavy atom. The van der Waals surface area contributed by atoms with E-state index >= 15 is 0 Å². The van der Waals surface area contributed by atoms with Gasteiger partial charge in [-0.25, -0.2) is 9.37 Å². The van der Waals surface area contributed by atoms with E-state index in [9.17, 15) is 9.50 Å². The van der Waals surface area contributed by atoms with E-state index < -0.39 is 0 Å². The summed E-state index contributed by atoms with van der Waals surface area (Å²) in [5.41, 5.74) is 0.802. The van der Waals surface area contributed by atoms with Crippen LogP contribution in [0.4, 0.5) is 4.39 Å². The molecular formula is C16H19FN2O2. The average Bonchev–Trinajstić information content (AvgIpc) is 3.21. The number of rotatable bonds is 6. The van der Waals surface area contributed by atoms with Gasteiger partial charge in [0.25, 0.3) is 0 Å². The molecule has 1 aliphatic carbocycles. The number of nitrogens with zero attached hydrogens (tertiary/aromatic N) is 2. The number of hydrogen-bond acceptors (Lipinski definition) is 4. The van der Waals surface area contributed by atoms with Crippen molar-refractivity contribution < 1.29 is 13.9 Å². The summed E-state index contributed by atoms with van der Waals surface area (Å²) in [6, 6.07) is 6.13. The zero-order valence-corrected chi connectivity index (χ0v) is 12.0. The summed E-state index contributed by atoms with van der Waals surface area (Å²) in [6.07, 6.45) is 3.64. The number of hydrogen-bond donors (Lipinski definition) is 1. The summed E-state index contributed by atoms with van der Waals surface area (Å²) < 4.78 is 18.6. The molecule has 1 aromatic heterocycles. The Bertz CT molecular complexity index is 593. The van der Waals surface area contributed by atoms with E-state index in [4.69, 9.17) is 4.42 Å². The van der Waals surface area contributed by atoms with Crippen LogP contribution < -0.4 is 0 Å². The van der Waals surface area contributed by atoms with E-state index in [1.165, 1.54) is 12.1 Å². The molecule has 3 rings (SSSR count). The highest BCUT2D eigenvalue weighted by Gasteiger charge is 2.30. The molecule has 0 radical (unpaired) electrons. The van der Waals surface area contributed by atoms with Crippen LogP contribution in [0.5, 0.6) is 0 Å². The minimum absolute atomic E-state index is 0.262. The van der Waals surface area contributed by atoms with E-state index in [-0.39, 0.29) is 11.9 Å². The Hall–Kier alpha value is -1.72. The van der Waals surface area contributed by atoms with Crippen molar-refractivity contribution in [3.05, 3.63) is 42.2 Å². The Kier molecular flexibility index (Phi) is 4.03. The van der Waals surface area contributed by atoms with Gasteiger partial charge in [-0.15, -0.1) is 0 Å². The summed E-state index contributed by atoms with van der Waals surface area (Å²) in [4.78, 5) is 6.24. The van der Waals surface area contributed by atoms with Crippen molar-refractivity contribution in [1.29, 1.82) is 0 Å². The molecule has 0 amide bonds. The molecule has 0 bridgehead atoms. The lowest BCUT2D eigenvalue weighted by Crippen LogP contribution is -2.30. The van der Waals surface area contributed by atoms with Gasteiger partial charge in [-0.3, -0.25) is 4.90 Å². The molecule has 21 heavy (non-hydrogen) atoms. The van der Waals surface area contributed by atoms with Gasteiger partial charge in [0.1, 0.15) is 5.82 Å². The summed E-state index contributed by atoms with van der Waals surface area (Å²) in [5.74, 6) is 1.42. The smallest absolute Gasteiger partial charge is 0.209 e. The summed E-state index contributed by atoms with van der Waals surface area (Å²) in [5, 5.41) is 9.92. The van der Waals surface area contributed by atoms with Gasteiger partial charge < -0.3 is 9.52 Å². The monoisotopic (exact) mass is 290 g/mol. The second-order valence-corrected chi connectivity index (χ2v) is 5.73. The van der Waals surface area contributed by atoms with E-state index in [0.29, 0.717) is 30.7 Å². The molecule has 0 aliphatic heterocycles. The van der Waals surface area contributed by atoms with Gasteiger partial charge in [0.15, 0.2) is 5.76 Å². The number of aliphatic hydroxyl groups is 1. The SMILES string of the molecule is CN(Cc1ncc(-c2ccc(F)cc2)o1)CC(O)C1CC1. The predicted octanol–water partition coefficient (Wildman–Crippen LogP) is 2.68. The standard InChI is InChI=1S/C16H19FN2O2/c1-19(9-14(20)11-2-3-11)10-16-18-8-15(21-16)12-4-6-13(17)7-5-12/h4-8,11,14,20H,2-3,9-10H2,1H3. The van der Waals surface area contributed by atoms with Gasteiger partial charge in [0, 0.05) is 12.1 Å². The largest absolute Gasteiger partial charge is 0.439 e. The van der Waals surface area contributed by atoms with Gasteiger partial charge in [0.05, 0.1) is 18.8 Å². The Labute approximate surface area is 123 Å². The quantitative estimate of drug-likeness (QED) is 0.888. The van der Waals surface area contributed by atoms with Crippen LogP contribution >= 0.6 is 0 Å². The van der Waals surface area contributed by atoms with E-state index in [2.05, 4.69) is 4.98 Å². The summed E-state index contributed by atoms with van der Waals surface area (Å²) in [7, 11) is 1.94. The lowest BCUT2D eigenvalue weighted by molar-refractivity contribution is 0.100. The molecule has 0 spiro atoms. The van der Waals surface area contributed by atoms with Crippen LogP contribution in [-0.2, 0) is 6.54 Å². The predicted molar refractivity (Wildman–Crippen MR) is 77.0 cm³/mol. The number of likely N-dealkylation sites (N-methyl/N-ethyl adjacent to an activating group) is 1. The molecular weight excluding hydrogens is 271 g/mol. The number of aliphatic hydroxyl groups excluding tert-OH is 1. The first-order valence-corrected chi connectivity index (χ1v) is 7.19. The third-order valence-corrected chi connectivity index (χ3v) is 3.75. The second-order valence-electron chi connectivity index (χ2n) is 5.73. The van der Waals surface area contributed by atoms with Gasteiger partial charge in [-0.1, -0.05) is 0 Å². The Morgan fingerprint density at radius 2 is 2.10 bits per heavy atom. The summed E-state index contributed by atoms with van der Waals surface area (Å²) in [6.45, 7) is 1.17. The molecule has 1 atom stereocenters. The zero-order valence-electron chi connectivity index (χ0n) is 12.0. The van der Waals surface area contributed by atoms with Gasteiger partial charge in [-0.2, -0.15) is 0 Å². The number of halogens is 1. The summed E-state index contributed by atoms with van der Waals surface area (Å²) >= 11 is 0. The molecule has 1 aromatic carbocycles. The van der Waals surface area contributed by atoms with Crippen LogP contribution in [0.15, 0.2) is 34.9 Å². The molecule has 5 heteroatoms. The lowest BCUT2D eigenvalue weighted by atomic mass is 10.2. The third kappa shape index (κ3) is 3.68. The van der Waals surface area contributed by atoms with Crippen LogP contribution in [0.25, 0.3) is 11.3 Å². The van der Waals surface area contributed by atoms with Crippen LogP contribution in [0, 0.1) is 11.7 Å². The lowest BCUT2D eigenvalue weighted by Gasteiger charge is -2.18. The topological polar surface area (TPSA) is 49.5 Å². The Morgan fingerprint density at radius 1 is 1.38 bits per heavy atom. The van der Waals surface area contributed by atoms with Crippen LogP contribution in [-0.4, -0.2) is 34.7 Å². The molecule has 1 unspecified atom stereocenters. The minimum Gasteiger partial charge on any atom is -0.439 e. The molecule has 0 saturated heterocycles. The molecule has 1 saturated carbocycles. The first-order chi connectivity index (χ1) is 10.1. The van der Waals surface area contributed by atoms with Crippen molar-refractivity contribution in [1.82, 2.24) is 9.88 Å². The van der Waals surface area contributed by atoms with Gasteiger partial charge in [0.2, 0.25) is 5.89 Å². The molecule has 112 valence electrons. The average molecular weight is 290 g/mol. The fraction of sp³-hybridized carbons (Fsp3) is 0.438. The first-order valence-electron chi connectivity index (χ1n) is 7.19. The van der Waals surface area contributed by atoms with Gasteiger partial charge in [-0.05, 0) is 50.1 Å². The van der Waals surface area contributed by atoms with Crippen LogP contribution in [0.2, 0.25) is 0 Å². The maximum Gasteiger partial charge on any atom is 0.209 e. The highest BCUT2D eigenvalue weighted by atomic mass is 19.1. The fourth-order valence-electron chi connectivity index (χ4n) is 2.38. The highest BCUT2D eigenvalue weighted by Crippen LogP contribution is 2.32. The molecule has 1 aliphatic rings. The number of benzene rings is 1. The molecule has 1 N–H and O–H groups in total. The van der Waals surface area contributed by atoms with Crippen molar-refractivity contribution >= 4 is 0 Å². The highest BCUT2D eigenvalue weighted by molar-refractivity contribution is 5.55. The normalized spacial score (nSPS) is 16.4. The second kappa shape index (κ2) is 5.95. The van der Waals surface area contributed by atoms with E-state index in [1.54, 1.807) is 18.3 Å². The third-order valence-electron chi connectivity index (χ3n) is 3.75. The van der Waals surface area contributed by atoms with Crippen molar-refractivity contribution in [3.63, 3.8) is 0 Å².